The third-order valence-electron chi connectivity index (χ3n) is 3.70. The molecule has 2 N–H and O–H groups in total. The van der Waals surface area contributed by atoms with Crippen LogP contribution in [0.1, 0.15) is 25.7 Å². The van der Waals surface area contributed by atoms with Gasteiger partial charge in [-0.25, -0.2) is 0 Å². The van der Waals surface area contributed by atoms with Gasteiger partial charge in [-0.15, -0.1) is 11.3 Å². The van der Waals surface area contributed by atoms with E-state index in [1.807, 2.05) is 31.3 Å². The van der Waals surface area contributed by atoms with Gasteiger partial charge < -0.3 is 15.0 Å². The lowest BCUT2D eigenvalue weighted by molar-refractivity contribution is 0.0955. The highest BCUT2D eigenvalue weighted by molar-refractivity contribution is 7.14. The molecule has 3 aromatic rings. The summed E-state index contributed by atoms with van der Waals surface area (Å²) in [7, 11) is 1.62. The number of thiophene rings is 1. The van der Waals surface area contributed by atoms with Gasteiger partial charge >= 0.3 is 0 Å². The van der Waals surface area contributed by atoms with E-state index in [-0.39, 0.29) is 5.91 Å². The fourth-order valence-electron chi connectivity index (χ4n) is 2.58. The average Bonchev–Trinajstić information content (AvgIpc) is 3.22. The van der Waals surface area contributed by atoms with Gasteiger partial charge in [0.2, 0.25) is 0 Å². The van der Waals surface area contributed by atoms with Crippen molar-refractivity contribution in [1.82, 2.24) is 10.3 Å². The third kappa shape index (κ3) is 2.79. The number of aromatic nitrogens is 1. The highest BCUT2D eigenvalue weighted by Crippen LogP contribution is 2.30. The van der Waals surface area contributed by atoms with Crippen LogP contribution in [0.5, 0.6) is 5.75 Å². The van der Waals surface area contributed by atoms with Crippen molar-refractivity contribution >= 4 is 28.1 Å². The Hall–Kier alpha value is -2.78. The van der Waals surface area contributed by atoms with E-state index >= 15 is 0 Å². The summed E-state index contributed by atoms with van der Waals surface area (Å²) in [5.74, 6) is 0.557. The van der Waals surface area contributed by atoms with E-state index in [0.717, 1.165) is 27.8 Å². The van der Waals surface area contributed by atoms with Gasteiger partial charge in [-0.2, -0.15) is 5.26 Å². The van der Waals surface area contributed by atoms with Gasteiger partial charge in [0.1, 0.15) is 16.7 Å². The highest BCUT2D eigenvalue weighted by Gasteiger charge is 2.14. The predicted octanol–water partition coefficient (Wildman–Crippen LogP) is 3.35. The van der Waals surface area contributed by atoms with Gasteiger partial charge in [0.05, 0.1) is 12.0 Å². The molecule has 1 aromatic carbocycles. The smallest absolute Gasteiger partial charge is 0.261 e. The van der Waals surface area contributed by atoms with E-state index in [9.17, 15) is 4.79 Å². The second-order valence-corrected chi connectivity index (χ2v) is 6.18. The Balaban J connectivity index is 1.87. The van der Waals surface area contributed by atoms with Crippen LogP contribution in [0.4, 0.5) is 0 Å². The maximum Gasteiger partial charge on any atom is 0.261 e. The van der Waals surface area contributed by atoms with E-state index in [1.54, 1.807) is 19.2 Å². The molecule has 0 radical (unpaired) electrons. The highest BCUT2D eigenvalue weighted by atomic mass is 32.1. The summed E-state index contributed by atoms with van der Waals surface area (Å²) in [6.45, 7) is 2.37. The van der Waals surface area contributed by atoms with Crippen LogP contribution in [0.15, 0.2) is 30.5 Å². The molecule has 0 unspecified atom stereocenters. The molecule has 0 bridgehead atoms. The predicted molar refractivity (Wildman–Crippen MR) is 89.8 cm³/mol. The molecular weight excluding hydrogens is 310 g/mol. The molecule has 0 saturated heterocycles. The summed E-state index contributed by atoms with van der Waals surface area (Å²) in [5.41, 5.74) is 3.06. The van der Waals surface area contributed by atoms with Gasteiger partial charge in [0, 0.05) is 29.2 Å². The molecule has 0 aliphatic heterocycles. The van der Waals surface area contributed by atoms with Gasteiger partial charge in [0.25, 0.3) is 5.91 Å². The van der Waals surface area contributed by atoms with Crippen LogP contribution in [-0.2, 0) is 6.54 Å². The molecule has 0 atom stereocenters. The van der Waals surface area contributed by atoms with Gasteiger partial charge in [-0.05, 0) is 36.8 Å². The van der Waals surface area contributed by atoms with Crippen LogP contribution in [0, 0.1) is 18.3 Å². The molecule has 5 nitrogen and oxygen atoms in total. The Morgan fingerprint density at radius 2 is 2.26 bits per heavy atom. The van der Waals surface area contributed by atoms with E-state index in [0.29, 0.717) is 16.3 Å². The fraction of sp³-hybridized carbons (Fsp3) is 0.176. The number of aromatic amines is 1. The topological polar surface area (TPSA) is 77.9 Å². The number of methoxy groups -OCH3 is 1. The maximum absolute atomic E-state index is 12.2. The zero-order valence-electron chi connectivity index (χ0n) is 12.8. The van der Waals surface area contributed by atoms with Crippen molar-refractivity contribution in [2.45, 2.75) is 13.5 Å². The minimum Gasteiger partial charge on any atom is -0.496 e. The van der Waals surface area contributed by atoms with Crippen LogP contribution in [0.3, 0.4) is 0 Å². The lowest BCUT2D eigenvalue weighted by atomic mass is 10.0. The number of hydrogen-bond donors (Lipinski definition) is 2. The number of H-pyrrole nitrogens is 1. The molecule has 0 spiro atoms. The number of ether oxygens (including phenoxy) is 1. The molecule has 0 aliphatic carbocycles. The summed E-state index contributed by atoms with van der Waals surface area (Å²) in [6.07, 6.45) is 1.88. The second kappa shape index (κ2) is 6.15. The molecule has 0 saturated carbocycles. The second-order valence-electron chi connectivity index (χ2n) is 5.10. The summed E-state index contributed by atoms with van der Waals surface area (Å²) >= 11 is 1.18. The number of nitrogens with zero attached hydrogens (tertiary/aromatic N) is 1. The number of carbonyl (C=O) groups excluding carboxylic acids is 1. The number of nitrogens with one attached hydrogen (secondary N) is 2. The first kappa shape index (κ1) is 15.1. The number of carbonyl (C=O) groups is 1. The molecular formula is C17H15N3O2S. The first-order chi connectivity index (χ1) is 11.1. The molecule has 1 amide bonds. The van der Waals surface area contributed by atoms with Crippen molar-refractivity contribution in [2.24, 2.45) is 0 Å². The molecule has 2 aromatic heterocycles. The number of nitriles is 1. The van der Waals surface area contributed by atoms with Crippen molar-refractivity contribution < 1.29 is 9.53 Å². The van der Waals surface area contributed by atoms with E-state index < -0.39 is 0 Å². The normalized spacial score (nSPS) is 10.5. The molecule has 116 valence electrons. The standard InChI is InChI=1S/C17H15N3O2S/c1-10-7-14(22-2)13(12-5-6-19-16(10)12)9-20-17(21)15-4-3-11(8-18)23-15/h3-7,19H,9H2,1-2H3,(H,20,21). The van der Waals surface area contributed by atoms with Crippen molar-refractivity contribution in [1.29, 1.82) is 5.26 Å². The molecule has 6 heteroatoms. The summed E-state index contributed by atoms with van der Waals surface area (Å²) in [5, 5.41) is 12.8. The first-order valence-corrected chi connectivity index (χ1v) is 7.87. The number of aryl methyl sites for hydroxylation is 1. The number of hydrogen-bond acceptors (Lipinski definition) is 4. The lowest BCUT2D eigenvalue weighted by Crippen LogP contribution is -2.22. The van der Waals surface area contributed by atoms with Crippen molar-refractivity contribution in [2.75, 3.05) is 7.11 Å². The van der Waals surface area contributed by atoms with Crippen LogP contribution in [0.25, 0.3) is 10.9 Å². The summed E-state index contributed by atoms with van der Waals surface area (Å²) < 4.78 is 5.46. The Bertz CT molecular complexity index is 918. The zero-order valence-corrected chi connectivity index (χ0v) is 13.6. The Kier molecular flexibility index (Phi) is 4.04. The molecule has 0 aliphatic rings. The Morgan fingerprint density at radius 3 is 2.96 bits per heavy atom. The van der Waals surface area contributed by atoms with Gasteiger partial charge in [-0.1, -0.05) is 0 Å². The van der Waals surface area contributed by atoms with Crippen LogP contribution >= 0.6 is 11.3 Å². The first-order valence-electron chi connectivity index (χ1n) is 7.05. The van der Waals surface area contributed by atoms with E-state index in [1.165, 1.54) is 11.3 Å². The number of amides is 1. The van der Waals surface area contributed by atoms with Gasteiger partial charge in [-0.3, -0.25) is 4.79 Å². The third-order valence-corrected chi connectivity index (χ3v) is 4.69. The molecule has 2 heterocycles. The Morgan fingerprint density at radius 1 is 1.43 bits per heavy atom. The quantitative estimate of drug-likeness (QED) is 0.772. The maximum atomic E-state index is 12.2. The monoisotopic (exact) mass is 325 g/mol. The molecule has 0 fully saturated rings. The van der Waals surface area contributed by atoms with Crippen LogP contribution < -0.4 is 10.1 Å². The summed E-state index contributed by atoms with van der Waals surface area (Å²) in [4.78, 5) is 16.5. The molecule has 3 rings (SSSR count). The van der Waals surface area contributed by atoms with Crippen LogP contribution in [0.2, 0.25) is 0 Å². The van der Waals surface area contributed by atoms with E-state index in [4.69, 9.17) is 10.00 Å². The summed E-state index contributed by atoms with van der Waals surface area (Å²) in [6, 6.07) is 9.28. The number of rotatable bonds is 4. The number of benzene rings is 1. The van der Waals surface area contributed by atoms with Gasteiger partial charge in [0.15, 0.2) is 0 Å². The number of fused-ring (bicyclic) bond motifs is 1. The average molecular weight is 325 g/mol. The minimum atomic E-state index is -0.192. The SMILES string of the molecule is COc1cc(C)c2[nH]ccc2c1CNC(=O)c1ccc(C#N)s1. The largest absolute Gasteiger partial charge is 0.496 e. The van der Waals surface area contributed by atoms with Crippen LogP contribution in [-0.4, -0.2) is 18.0 Å². The Labute approximate surface area is 137 Å². The fourth-order valence-corrected chi connectivity index (χ4v) is 3.30. The zero-order chi connectivity index (χ0) is 16.4. The van der Waals surface area contributed by atoms with Crippen molar-refractivity contribution in [3.63, 3.8) is 0 Å². The lowest BCUT2D eigenvalue weighted by Gasteiger charge is -2.12. The van der Waals surface area contributed by atoms with E-state index in [2.05, 4.69) is 10.3 Å². The minimum absolute atomic E-state index is 0.192. The molecule has 23 heavy (non-hydrogen) atoms. The van der Waals surface area contributed by atoms with Crippen molar-refractivity contribution in [3.8, 4) is 11.8 Å². The van der Waals surface area contributed by atoms with Crippen molar-refractivity contribution in [3.05, 3.63) is 51.3 Å².